The van der Waals surface area contributed by atoms with Gasteiger partial charge in [0.05, 0.1) is 5.52 Å². The van der Waals surface area contributed by atoms with Gasteiger partial charge < -0.3 is 20.1 Å². The standard InChI is InChI=1S/C30H34FN9/c1-39-8-10-40(11-9-39)30-28-25(6-7-34-30)35-29(36-28)27-23-13-21(14-24(31)26(23)37-38-27)22-12-20(17-33-18-22)16-32-15-19-4-2-3-5-19/h6-7,12-14,17-19,32H,2-5,8-11,15-16H2,1H3,(H,35,36)(H,37,38). The Morgan fingerprint density at radius 2 is 1.90 bits per heavy atom. The number of hydrogen-bond acceptors (Lipinski definition) is 7. The summed E-state index contributed by atoms with van der Waals surface area (Å²) in [5.74, 6) is 1.87. The van der Waals surface area contributed by atoms with Gasteiger partial charge in [-0.2, -0.15) is 5.10 Å². The van der Waals surface area contributed by atoms with Gasteiger partial charge in [0, 0.05) is 62.3 Å². The van der Waals surface area contributed by atoms with Crippen LogP contribution in [0.4, 0.5) is 10.2 Å². The van der Waals surface area contributed by atoms with Crippen LogP contribution in [0.25, 0.3) is 44.6 Å². The summed E-state index contributed by atoms with van der Waals surface area (Å²) in [4.78, 5) is 22.0. The molecule has 0 radical (unpaired) electrons. The molecule has 0 unspecified atom stereocenters. The van der Waals surface area contributed by atoms with Gasteiger partial charge in [-0.3, -0.25) is 10.1 Å². The minimum absolute atomic E-state index is 0.355. The second-order valence-electron chi connectivity index (χ2n) is 11.2. The zero-order valence-corrected chi connectivity index (χ0v) is 22.8. The number of likely N-dealkylation sites (N-methyl/N-ethyl adjacent to an activating group) is 1. The van der Waals surface area contributed by atoms with Crippen molar-refractivity contribution in [2.24, 2.45) is 5.92 Å². The molecule has 1 aromatic carbocycles. The largest absolute Gasteiger partial charge is 0.352 e. The van der Waals surface area contributed by atoms with E-state index in [1.807, 2.05) is 18.3 Å². The highest BCUT2D eigenvalue weighted by atomic mass is 19.1. The molecule has 5 aromatic rings. The fourth-order valence-corrected chi connectivity index (χ4v) is 6.09. The molecule has 5 heterocycles. The third-order valence-corrected chi connectivity index (χ3v) is 8.40. The maximum Gasteiger partial charge on any atom is 0.159 e. The van der Waals surface area contributed by atoms with Crippen molar-refractivity contribution >= 4 is 27.8 Å². The van der Waals surface area contributed by atoms with Crippen molar-refractivity contribution in [1.29, 1.82) is 0 Å². The highest BCUT2D eigenvalue weighted by Gasteiger charge is 2.22. The van der Waals surface area contributed by atoms with E-state index in [1.165, 1.54) is 25.7 Å². The van der Waals surface area contributed by atoms with Gasteiger partial charge in [-0.15, -0.1) is 0 Å². The van der Waals surface area contributed by atoms with Gasteiger partial charge in [-0.25, -0.2) is 14.4 Å². The van der Waals surface area contributed by atoms with Crippen LogP contribution in [0, 0.1) is 11.7 Å². The zero-order chi connectivity index (χ0) is 27.1. The van der Waals surface area contributed by atoms with Crippen molar-refractivity contribution in [3.8, 4) is 22.6 Å². The van der Waals surface area contributed by atoms with Crippen LogP contribution in [0.5, 0.6) is 0 Å². The number of H-pyrrole nitrogens is 2. The molecule has 1 saturated heterocycles. The van der Waals surface area contributed by atoms with Gasteiger partial charge in [-0.05, 0) is 67.7 Å². The number of nitrogens with one attached hydrogen (secondary N) is 3. The number of imidazole rings is 1. The van der Waals surface area contributed by atoms with E-state index in [2.05, 4.69) is 53.4 Å². The Morgan fingerprint density at radius 1 is 1.05 bits per heavy atom. The minimum Gasteiger partial charge on any atom is -0.352 e. The van der Waals surface area contributed by atoms with E-state index < -0.39 is 0 Å². The lowest BCUT2D eigenvalue weighted by Gasteiger charge is -2.33. The van der Waals surface area contributed by atoms with Gasteiger partial charge >= 0.3 is 0 Å². The number of anilines is 1. The maximum atomic E-state index is 15.3. The molecular weight excluding hydrogens is 505 g/mol. The van der Waals surface area contributed by atoms with Gasteiger partial charge in [0.25, 0.3) is 0 Å². The number of fused-ring (bicyclic) bond motifs is 2. The molecule has 0 bridgehead atoms. The fourth-order valence-electron chi connectivity index (χ4n) is 6.09. The molecule has 3 N–H and O–H groups in total. The molecule has 40 heavy (non-hydrogen) atoms. The Balaban J connectivity index is 1.19. The number of rotatable bonds is 7. The van der Waals surface area contributed by atoms with Gasteiger partial charge in [0.15, 0.2) is 11.6 Å². The predicted molar refractivity (Wildman–Crippen MR) is 156 cm³/mol. The Kier molecular flexibility index (Phi) is 6.65. The SMILES string of the molecule is CN1CCN(c2nccc3[nH]c(-c4n[nH]c5c(F)cc(-c6cncc(CNCC7CCCC7)c6)cc45)nc23)CC1. The number of aromatic amines is 2. The molecule has 4 aromatic heterocycles. The molecule has 0 amide bonds. The molecule has 2 aliphatic rings. The quantitative estimate of drug-likeness (QED) is 0.275. The molecule has 9 nitrogen and oxygen atoms in total. The van der Waals surface area contributed by atoms with Crippen LogP contribution < -0.4 is 10.2 Å². The Labute approximate surface area is 232 Å². The molecule has 0 spiro atoms. The molecule has 1 aliphatic heterocycles. The first-order valence-corrected chi connectivity index (χ1v) is 14.2. The molecule has 10 heteroatoms. The first-order chi connectivity index (χ1) is 19.6. The fraction of sp³-hybridized carbons (Fsp3) is 0.400. The normalized spacial score (nSPS) is 17.0. The average Bonchev–Trinajstić information content (AvgIpc) is 3.73. The summed E-state index contributed by atoms with van der Waals surface area (Å²) in [6, 6.07) is 7.52. The first kappa shape index (κ1) is 25.1. The van der Waals surface area contributed by atoms with E-state index in [0.29, 0.717) is 22.4 Å². The summed E-state index contributed by atoms with van der Waals surface area (Å²) in [6.45, 7) is 5.54. The van der Waals surface area contributed by atoms with Crippen LogP contribution in [0.3, 0.4) is 0 Å². The Morgan fingerprint density at radius 3 is 2.75 bits per heavy atom. The second-order valence-corrected chi connectivity index (χ2v) is 11.2. The number of benzene rings is 1. The number of halogens is 1. The van der Waals surface area contributed by atoms with Crippen molar-refractivity contribution in [2.75, 3.05) is 44.7 Å². The third-order valence-electron chi connectivity index (χ3n) is 8.40. The van der Waals surface area contributed by atoms with Crippen LogP contribution >= 0.6 is 0 Å². The van der Waals surface area contributed by atoms with Gasteiger partial charge in [0.1, 0.15) is 22.5 Å². The summed E-state index contributed by atoms with van der Waals surface area (Å²) >= 11 is 0. The number of piperazine rings is 1. The molecule has 7 rings (SSSR count). The van der Waals surface area contributed by atoms with Crippen LogP contribution in [0.2, 0.25) is 0 Å². The summed E-state index contributed by atoms with van der Waals surface area (Å²) < 4.78 is 15.3. The van der Waals surface area contributed by atoms with Gasteiger partial charge in [-0.1, -0.05) is 12.8 Å². The maximum absolute atomic E-state index is 15.3. The lowest BCUT2D eigenvalue weighted by molar-refractivity contribution is 0.312. The second kappa shape index (κ2) is 10.6. The number of aromatic nitrogens is 6. The summed E-state index contributed by atoms with van der Waals surface area (Å²) in [6.07, 6.45) is 10.8. The smallest absolute Gasteiger partial charge is 0.159 e. The van der Waals surface area contributed by atoms with Gasteiger partial charge in [0.2, 0.25) is 0 Å². The Hall–Kier alpha value is -3.89. The lowest BCUT2D eigenvalue weighted by atomic mass is 10.0. The van der Waals surface area contributed by atoms with Crippen molar-refractivity contribution in [3.63, 3.8) is 0 Å². The summed E-state index contributed by atoms with van der Waals surface area (Å²) in [7, 11) is 2.13. The summed E-state index contributed by atoms with van der Waals surface area (Å²) in [5, 5.41) is 11.6. The minimum atomic E-state index is -0.355. The molecule has 1 saturated carbocycles. The van der Waals surface area contributed by atoms with Crippen LogP contribution in [0.15, 0.2) is 42.9 Å². The number of hydrogen-bond donors (Lipinski definition) is 3. The van der Waals surface area contributed by atoms with E-state index in [-0.39, 0.29) is 5.82 Å². The van der Waals surface area contributed by atoms with Crippen molar-refractivity contribution in [2.45, 2.75) is 32.2 Å². The molecular formula is C30H34FN9. The van der Waals surface area contributed by atoms with Crippen molar-refractivity contribution < 1.29 is 4.39 Å². The first-order valence-electron chi connectivity index (χ1n) is 14.2. The molecule has 2 fully saturated rings. The lowest BCUT2D eigenvalue weighted by Crippen LogP contribution is -2.44. The van der Waals surface area contributed by atoms with Crippen LogP contribution in [0.1, 0.15) is 31.2 Å². The number of nitrogens with zero attached hydrogens (tertiary/aromatic N) is 6. The number of pyridine rings is 2. The molecule has 0 atom stereocenters. The van der Waals surface area contributed by atoms with E-state index in [0.717, 1.165) is 78.7 Å². The van der Waals surface area contributed by atoms with E-state index in [1.54, 1.807) is 18.5 Å². The predicted octanol–water partition coefficient (Wildman–Crippen LogP) is 4.73. The monoisotopic (exact) mass is 539 g/mol. The highest BCUT2D eigenvalue weighted by Crippen LogP contribution is 2.33. The van der Waals surface area contributed by atoms with Crippen molar-refractivity contribution in [1.82, 2.24) is 40.3 Å². The van der Waals surface area contributed by atoms with Crippen molar-refractivity contribution in [3.05, 3.63) is 54.2 Å². The third kappa shape index (κ3) is 4.82. The average molecular weight is 540 g/mol. The van der Waals surface area contributed by atoms with E-state index in [9.17, 15) is 0 Å². The van der Waals surface area contributed by atoms with E-state index in [4.69, 9.17) is 4.98 Å². The molecule has 1 aliphatic carbocycles. The molecule has 206 valence electrons. The highest BCUT2D eigenvalue weighted by molar-refractivity contribution is 5.97. The van der Waals surface area contributed by atoms with E-state index >= 15 is 4.39 Å². The topological polar surface area (TPSA) is 102 Å². The Bertz CT molecular complexity index is 1640. The van der Waals surface area contributed by atoms with Crippen LogP contribution in [-0.2, 0) is 6.54 Å². The van der Waals surface area contributed by atoms with Crippen LogP contribution in [-0.4, -0.2) is 74.8 Å². The summed E-state index contributed by atoms with van der Waals surface area (Å²) in [5.41, 5.74) is 5.35. The zero-order valence-electron chi connectivity index (χ0n) is 22.8.